The quantitative estimate of drug-likeness (QED) is 0.390. The van der Waals surface area contributed by atoms with Crippen LogP contribution >= 0.6 is 0 Å². The fourth-order valence-corrected chi connectivity index (χ4v) is 2.48. The van der Waals surface area contributed by atoms with Gasteiger partial charge in [0.25, 0.3) is 0 Å². The summed E-state index contributed by atoms with van der Waals surface area (Å²) in [5.41, 5.74) is 0. The van der Waals surface area contributed by atoms with Crippen molar-refractivity contribution < 1.29 is 15.0 Å². The summed E-state index contributed by atoms with van der Waals surface area (Å²) >= 11 is 0. The Morgan fingerprint density at radius 2 is 1.35 bits per heavy atom. The van der Waals surface area contributed by atoms with Gasteiger partial charge in [0, 0.05) is 19.4 Å². The summed E-state index contributed by atoms with van der Waals surface area (Å²) in [7, 11) is 0. The predicted molar refractivity (Wildman–Crippen MR) is 107 cm³/mol. The topological polar surface area (TPSA) is 57.5 Å². The fourth-order valence-electron chi connectivity index (χ4n) is 2.48. The molecule has 0 aromatic carbocycles. The first-order valence-electron chi connectivity index (χ1n) is 9.93. The molecule has 0 aliphatic heterocycles. The third-order valence-electron chi connectivity index (χ3n) is 4.06. The molecule has 0 heterocycles. The second kappa shape index (κ2) is 19.4. The Morgan fingerprint density at radius 3 is 1.96 bits per heavy atom. The summed E-state index contributed by atoms with van der Waals surface area (Å²) in [6.45, 7) is 2.26. The van der Waals surface area contributed by atoms with Crippen LogP contribution in [0.2, 0.25) is 0 Å². The van der Waals surface area contributed by atoms with Gasteiger partial charge < -0.3 is 10.2 Å². The van der Waals surface area contributed by atoms with E-state index in [-0.39, 0.29) is 6.61 Å². The van der Waals surface area contributed by atoms with E-state index in [0.29, 0.717) is 38.5 Å². The van der Waals surface area contributed by atoms with E-state index >= 15 is 0 Å². The smallest absolute Gasteiger partial charge is 0.306 e. The Morgan fingerprint density at radius 1 is 0.769 bits per heavy atom. The van der Waals surface area contributed by atoms with Crippen molar-refractivity contribution in [1.82, 2.24) is 0 Å². The second-order valence-corrected chi connectivity index (χ2v) is 6.37. The molecule has 3 heteroatoms. The average Bonchev–Trinajstić information content (AvgIpc) is 2.63. The molecule has 0 radical (unpaired) electrons. The number of carboxylic acid groups (broad SMARTS) is 1. The molecule has 0 bridgehead atoms. The molecule has 0 fully saturated rings. The number of hydrogen-bond donors (Lipinski definition) is 2. The first-order chi connectivity index (χ1) is 12.7. The Labute approximate surface area is 160 Å². The summed E-state index contributed by atoms with van der Waals surface area (Å²) in [6.07, 6.45) is 11.9. The summed E-state index contributed by atoms with van der Waals surface area (Å²) in [5, 5.41) is 17.8. The maximum absolute atomic E-state index is 11.0. The first kappa shape index (κ1) is 24.1. The zero-order chi connectivity index (χ0) is 19.3. The molecule has 3 nitrogen and oxygen atoms in total. The number of hydrogen-bond acceptors (Lipinski definition) is 2. The normalized spacial score (nSPS) is 10.5. The number of carbonyl (C=O) groups is 1. The minimum Gasteiger partial charge on any atom is -0.481 e. The van der Waals surface area contributed by atoms with Crippen molar-refractivity contribution in [2.45, 2.75) is 90.4 Å². The van der Waals surface area contributed by atoms with Crippen LogP contribution in [0.4, 0.5) is 0 Å². The van der Waals surface area contributed by atoms with Crippen molar-refractivity contribution in [1.29, 1.82) is 0 Å². The third kappa shape index (κ3) is 17.0. The number of aliphatic carboxylic acids is 1. The van der Waals surface area contributed by atoms with Crippen molar-refractivity contribution in [2.24, 2.45) is 5.92 Å². The predicted octanol–water partition coefficient (Wildman–Crippen LogP) is 4.78. The van der Waals surface area contributed by atoms with Gasteiger partial charge in [-0.2, -0.15) is 0 Å². The highest BCUT2D eigenvalue weighted by atomic mass is 16.4. The standard InChI is InChI=1S/C23H34O3/c1-2-3-4-5-6-7-8-9-10-11-12-13-14-15-16-17-19-22(23(25)26)20-18-21-24/h22,24H,2-8,11,14,17-21H2,1H3,(H,25,26). The zero-order valence-electron chi connectivity index (χ0n) is 16.3. The van der Waals surface area contributed by atoms with E-state index in [1.54, 1.807) is 0 Å². The minimum absolute atomic E-state index is 0.0346. The number of rotatable bonds is 12. The molecule has 0 saturated carbocycles. The van der Waals surface area contributed by atoms with Gasteiger partial charge in [0.1, 0.15) is 0 Å². The highest BCUT2D eigenvalue weighted by Crippen LogP contribution is 2.13. The number of aliphatic hydroxyl groups excluding tert-OH is 1. The first-order valence-corrected chi connectivity index (χ1v) is 9.93. The van der Waals surface area contributed by atoms with Gasteiger partial charge in [0.05, 0.1) is 18.8 Å². The highest BCUT2D eigenvalue weighted by molar-refractivity contribution is 5.69. The molecule has 1 atom stereocenters. The molecular formula is C23H34O3. The van der Waals surface area contributed by atoms with Crippen LogP contribution in [0.15, 0.2) is 0 Å². The summed E-state index contributed by atoms with van der Waals surface area (Å²) in [4.78, 5) is 11.0. The van der Waals surface area contributed by atoms with Gasteiger partial charge in [-0.1, -0.05) is 62.7 Å². The molecule has 0 aromatic rings. The van der Waals surface area contributed by atoms with Gasteiger partial charge in [-0.15, -0.1) is 11.8 Å². The Hall–Kier alpha value is -1.89. The van der Waals surface area contributed by atoms with Gasteiger partial charge in [-0.05, 0) is 25.7 Å². The van der Waals surface area contributed by atoms with Crippen LogP contribution in [0.5, 0.6) is 0 Å². The van der Waals surface area contributed by atoms with Crippen LogP contribution in [0, 0.1) is 41.4 Å². The van der Waals surface area contributed by atoms with Crippen molar-refractivity contribution >= 4 is 5.97 Å². The lowest BCUT2D eigenvalue weighted by atomic mass is 9.98. The maximum Gasteiger partial charge on any atom is 0.306 e. The maximum atomic E-state index is 11.0. The second-order valence-electron chi connectivity index (χ2n) is 6.37. The lowest BCUT2D eigenvalue weighted by molar-refractivity contribution is -0.142. The lowest BCUT2D eigenvalue weighted by Crippen LogP contribution is -2.13. The third-order valence-corrected chi connectivity index (χ3v) is 4.06. The van der Waals surface area contributed by atoms with Crippen molar-refractivity contribution in [3.05, 3.63) is 0 Å². The van der Waals surface area contributed by atoms with Gasteiger partial charge in [0.2, 0.25) is 0 Å². The molecule has 0 saturated heterocycles. The van der Waals surface area contributed by atoms with E-state index in [1.807, 2.05) is 0 Å². The van der Waals surface area contributed by atoms with E-state index in [4.69, 9.17) is 10.2 Å². The summed E-state index contributed by atoms with van der Waals surface area (Å²) in [5.74, 6) is 16.9. The van der Waals surface area contributed by atoms with Gasteiger partial charge in [-0.25, -0.2) is 0 Å². The molecular weight excluding hydrogens is 324 g/mol. The Kier molecular flexibility index (Phi) is 18.0. The van der Waals surface area contributed by atoms with Crippen LogP contribution in [0.1, 0.15) is 90.4 Å². The molecule has 0 aliphatic carbocycles. The highest BCUT2D eigenvalue weighted by Gasteiger charge is 2.15. The van der Waals surface area contributed by atoms with E-state index in [9.17, 15) is 4.79 Å². The van der Waals surface area contributed by atoms with Crippen molar-refractivity contribution in [3.8, 4) is 35.5 Å². The van der Waals surface area contributed by atoms with Crippen LogP contribution in [-0.4, -0.2) is 22.8 Å². The van der Waals surface area contributed by atoms with Crippen LogP contribution in [0.3, 0.4) is 0 Å². The SMILES string of the molecule is CCCCCCCCC#CCC#CCC#CCCC(CCCO)C(=O)O. The molecule has 26 heavy (non-hydrogen) atoms. The molecule has 0 amide bonds. The monoisotopic (exact) mass is 358 g/mol. The largest absolute Gasteiger partial charge is 0.481 e. The van der Waals surface area contributed by atoms with Gasteiger partial charge in [0.15, 0.2) is 0 Å². The Bertz CT molecular complexity index is 531. The molecule has 1 unspecified atom stereocenters. The van der Waals surface area contributed by atoms with Gasteiger partial charge in [-0.3, -0.25) is 4.79 Å². The fraction of sp³-hybridized carbons (Fsp3) is 0.696. The van der Waals surface area contributed by atoms with Crippen LogP contribution in [-0.2, 0) is 4.79 Å². The van der Waals surface area contributed by atoms with E-state index in [2.05, 4.69) is 42.4 Å². The number of unbranched alkanes of at least 4 members (excludes halogenated alkanes) is 6. The molecule has 2 N–H and O–H groups in total. The lowest BCUT2D eigenvalue weighted by Gasteiger charge is -2.08. The van der Waals surface area contributed by atoms with E-state index < -0.39 is 11.9 Å². The van der Waals surface area contributed by atoms with E-state index in [0.717, 1.165) is 6.42 Å². The molecule has 0 spiro atoms. The molecule has 0 aliphatic rings. The zero-order valence-corrected chi connectivity index (χ0v) is 16.3. The average molecular weight is 359 g/mol. The summed E-state index contributed by atoms with van der Waals surface area (Å²) in [6, 6.07) is 0. The minimum atomic E-state index is -0.806. The Balaban J connectivity index is 3.70. The molecule has 144 valence electrons. The van der Waals surface area contributed by atoms with Crippen LogP contribution < -0.4 is 0 Å². The number of aliphatic hydroxyl groups is 1. The van der Waals surface area contributed by atoms with Crippen LogP contribution in [0.25, 0.3) is 0 Å². The van der Waals surface area contributed by atoms with Crippen molar-refractivity contribution in [3.63, 3.8) is 0 Å². The molecule has 0 rings (SSSR count). The molecule has 0 aromatic heterocycles. The van der Waals surface area contributed by atoms with Gasteiger partial charge >= 0.3 is 5.97 Å². The summed E-state index contributed by atoms with van der Waals surface area (Å²) < 4.78 is 0. The van der Waals surface area contributed by atoms with Crippen molar-refractivity contribution in [2.75, 3.05) is 6.61 Å². The number of carboxylic acids is 1. The van der Waals surface area contributed by atoms with E-state index in [1.165, 1.54) is 38.5 Å².